The van der Waals surface area contributed by atoms with E-state index < -0.39 is 0 Å². The first-order valence-corrected chi connectivity index (χ1v) is 8.83. The molecule has 0 spiro atoms. The predicted octanol–water partition coefficient (Wildman–Crippen LogP) is 4.00. The van der Waals surface area contributed by atoms with Crippen LogP contribution in [0.25, 0.3) is 12.2 Å². The van der Waals surface area contributed by atoms with Gasteiger partial charge in [-0.3, -0.25) is 4.79 Å². The normalized spacial score (nSPS) is 16.5. The molecule has 1 saturated heterocycles. The van der Waals surface area contributed by atoms with Gasteiger partial charge < -0.3 is 10.2 Å². The van der Waals surface area contributed by atoms with E-state index in [1.165, 1.54) is 30.5 Å². The number of hydrazone groups is 1. The fourth-order valence-corrected chi connectivity index (χ4v) is 3.34. The quantitative estimate of drug-likeness (QED) is 0.475. The Morgan fingerprint density at radius 3 is 2.62 bits per heavy atom. The molecule has 0 aliphatic carbocycles. The summed E-state index contributed by atoms with van der Waals surface area (Å²) >= 11 is 6.30. The van der Waals surface area contributed by atoms with Crippen LogP contribution in [0.4, 0.5) is 0 Å². The summed E-state index contributed by atoms with van der Waals surface area (Å²) in [6.07, 6.45) is 6.61. The fraction of sp³-hybridized carbons (Fsp3) is 0. The van der Waals surface area contributed by atoms with Gasteiger partial charge in [-0.05, 0) is 42.1 Å². The molecule has 1 fully saturated rings. The van der Waals surface area contributed by atoms with Crippen LogP contribution >= 0.6 is 24.0 Å². The van der Waals surface area contributed by atoms with Gasteiger partial charge in [0.1, 0.15) is 11.5 Å². The van der Waals surface area contributed by atoms with Crippen LogP contribution < -0.4 is 0 Å². The highest BCUT2D eigenvalue weighted by molar-refractivity contribution is 8.26. The first-order chi connectivity index (χ1) is 12.5. The van der Waals surface area contributed by atoms with Crippen molar-refractivity contribution in [3.05, 3.63) is 70.6 Å². The Morgan fingerprint density at radius 2 is 1.88 bits per heavy atom. The summed E-state index contributed by atoms with van der Waals surface area (Å²) in [5.41, 5.74) is 1.43. The molecule has 0 unspecified atom stereocenters. The zero-order chi connectivity index (χ0) is 18.5. The van der Waals surface area contributed by atoms with Gasteiger partial charge in [-0.2, -0.15) is 10.1 Å². The third-order valence-electron chi connectivity index (χ3n) is 3.43. The van der Waals surface area contributed by atoms with Crippen LogP contribution in [-0.2, 0) is 4.79 Å². The average Bonchev–Trinajstić information content (AvgIpc) is 2.89. The minimum atomic E-state index is -0.364. The van der Waals surface area contributed by atoms with Crippen molar-refractivity contribution in [2.75, 3.05) is 0 Å². The smallest absolute Gasteiger partial charge is 0.286 e. The molecular weight excluding hydrogens is 368 g/mol. The maximum absolute atomic E-state index is 12.4. The number of hydrogen-bond donors (Lipinski definition) is 2. The van der Waals surface area contributed by atoms with Crippen molar-refractivity contribution in [2.24, 2.45) is 5.10 Å². The second kappa shape index (κ2) is 7.99. The van der Waals surface area contributed by atoms with Crippen molar-refractivity contribution in [1.82, 2.24) is 5.01 Å². The number of phenolic OH excluding ortho intramolecular Hbond substituents is 2. The number of benzene rings is 2. The van der Waals surface area contributed by atoms with Gasteiger partial charge in [-0.25, -0.2) is 0 Å². The molecule has 2 aromatic rings. The third kappa shape index (κ3) is 4.19. The number of thiocarbonyl (C=S) groups is 1. The Bertz CT molecular complexity index is 937. The Hall–Kier alpha value is -2.90. The molecule has 0 bridgehead atoms. The molecule has 2 N–H and O–H groups in total. The van der Waals surface area contributed by atoms with Crippen molar-refractivity contribution in [2.45, 2.75) is 0 Å². The fourth-order valence-electron chi connectivity index (χ4n) is 2.18. The number of nitrogens with zero attached hydrogens (tertiary/aromatic N) is 2. The van der Waals surface area contributed by atoms with Crippen LogP contribution in [0, 0.1) is 0 Å². The van der Waals surface area contributed by atoms with Crippen LogP contribution in [0.1, 0.15) is 11.1 Å². The van der Waals surface area contributed by atoms with Crippen molar-refractivity contribution < 1.29 is 15.0 Å². The number of aromatic hydroxyl groups is 2. The van der Waals surface area contributed by atoms with E-state index in [0.717, 1.165) is 22.3 Å². The maximum Gasteiger partial charge on any atom is 0.286 e. The Balaban J connectivity index is 1.73. The predicted molar refractivity (Wildman–Crippen MR) is 109 cm³/mol. The van der Waals surface area contributed by atoms with E-state index in [1.54, 1.807) is 6.08 Å². The van der Waals surface area contributed by atoms with Gasteiger partial charge in [0.05, 0.1) is 4.91 Å². The molecule has 1 aliphatic heterocycles. The Morgan fingerprint density at radius 1 is 1.12 bits per heavy atom. The summed E-state index contributed by atoms with van der Waals surface area (Å²) in [7, 11) is 0. The molecule has 2 aromatic carbocycles. The first-order valence-electron chi connectivity index (χ1n) is 7.60. The molecule has 5 nitrogen and oxygen atoms in total. The summed E-state index contributed by atoms with van der Waals surface area (Å²) in [6, 6.07) is 13.9. The topological polar surface area (TPSA) is 73.1 Å². The number of hydrogen-bond acceptors (Lipinski definition) is 6. The molecule has 7 heteroatoms. The summed E-state index contributed by atoms with van der Waals surface area (Å²) in [5.74, 6) is -0.539. The Kier molecular flexibility index (Phi) is 5.50. The highest BCUT2D eigenvalue weighted by atomic mass is 32.2. The van der Waals surface area contributed by atoms with Crippen molar-refractivity contribution in [1.29, 1.82) is 0 Å². The lowest BCUT2D eigenvalue weighted by atomic mass is 10.2. The lowest BCUT2D eigenvalue weighted by Crippen LogP contribution is -2.21. The van der Waals surface area contributed by atoms with Gasteiger partial charge >= 0.3 is 0 Å². The van der Waals surface area contributed by atoms with E-state index in [0.29, 0.717) is 14.8 Å². The van der Waals surface area contributed by atoms with E-state index in [2.05, 4.69) is 5.10 Å². The van der Waals surface area contributed by atoms with Crippen molar-refractivity contribution in [3.8, 4) is 11.5 Å². The van der Waals surface area contributed by atoms with Crippen LogP contribution in [0.3, 0.4) is 0 Å². The lowest BCUT2D eigenvalue weighted by Gasteiger charge is -2.05. The molecular formula is C19H14N2O3S2. The molecule has 26 heavy (non-hydrogen) atoms. The van der Waals surface area contributed by atoms with Gasteiger partial charge in [0.15, 0.2) is 4.32 Å². The first kappa shape index (κ1) is 17.9. The van der Waals surface area contributed by atoms with Crippen molar-refractivity contribution in [3.63, 3.8) is 0 Å². The molecule has 1 amide bonds. The van der Waals surface area contributed by atoms with Gasteiger partial charge in [0, 0.05) is 17.8 Å². The SMILES string of the molecule is O=C1/C(=C\c2ccc(O)cc2O)SC(=S)N1/N=C/C=C\c1ccccc1. The molecule has 130 valence electrons. The molecule has 3 rings (SSSR count). The van der Waals surface area contributed by atoms with Crippen LogP contribution in [0.2, 0.25) is 0 Å². The molecule has 0 saturated carbocycles. The van der Waals surface area contributed by atoms with E-state index in [1.807, 2.05) is 36.4 Å². The van der Waals surface area contributed by atoms with Gasteiger partial charge in [-0.15, -0.1) is 0 Å². The maximum atomic E-state index is 12.4. The van der Waals surface area contributed by atoms with Crippen LogP contribution in [-0.4, -0.2) is 31.7 Å². The molecule has 1 aliphatic rings. The minimum Gasteiger partial charge on any atom is -0.508 e. The summed E-state index contributed by atoms with van der Waals surface area (Å²) < 4.78 is 0.309. The summed E-state index contributed by atoms with van der Waals surface area (Å²) in [4.78, 5) is 12.8. The molecule has 0 atom stereocenters. The van der Waals surface area contributed by atoms with Crippen LogP contribution in [0.5, 0.6) is 11.5 Å². The largest absolute Gasteiger partial charge is 0.508 e. The highest BCUT2D eigenvalue weighted by Crippen LogP contribution is 2.34. The standard InChI is InChI=1S/C19H14N2O3S2/c22-15-9-8-14(16(23)12-15)11-17-18(24)21(19(25)26-17)20-10-4-7-13-5-2-1-3-6-13/h1-12,22-23H/b7-4-,17-11+,20-10+. The number of carbonyl (C=O) groups is 1. The van der Waals surface area contributed by atoms with Gasteiger partial charge in [0.2, 0.25) is 0 Å². The second-order valence-corrected chi connectivity index (χ2v) is 6.95. The second-order valence-electron chi connectivity index (χ2n) is 5.27. The number of amides is 1. The Labute approximate surface area is 160 Å². The van der Waals surface area contributed by atoms with Crippen LogP contribution in [0.15, 0.2) is 64.6 Å². The lowest BCUT2D eigenvalue weighted by molar-refractivity contribution is -0.122. The zero-order valence-corrected chi connectivity index (χ0v) is 15.1. The van der Waals surface area contributed by atoms with E-state index in [9.17, 15) is 15.0 Å². The highest BCUT2D eigenvalue weighted by Gasteiger charge is 2.32. The molecule has 0 aromatic heterocycles. The summed E-state index contributed by atoms with van der Waals surface area (Å²) in [6.45, 7) is 0. The van der Waals surface area contributed by atoms with E-state index in [4.69, 9.17) is 12.2 Å². The van der Waals surface area contributed by atoms with Crippen molar-refractivity contribution >= 4 is 52.6 Å². The van der Waals surface area contributed by atoms with E-state index in [-0.39, 0.29) is 17.4 Å². The van der Waals surface area contributed by atoms with Gasteiger partial charge in [0.25, 0.3) is 5.91 Å². The van der Waals surface area contributed by atoms with Gasteiger partial charge in [-0.1, -0.05) is 48.2 Å². The average molecular weight is 382 g/mol. The number of rotatable bonds is 4. The molecule has 1 heterocycles. The third-order valence-corrected chi connectivity index (χ3v) is 4.71. The monoisotopic (exact) mass is 382 g/mol. The number of phenols is 2. The van der Waals surface area contributed by atoms with E-state index >= 15 is 0 Å². The number of allylic oxidation sites excluding steroid dienone is 1. The summed E-state index contributed by atoms with van der Waals surface area (Å²) in [5, 5.41) is 24.4. The number of thioether (sulfide) groups is 1. The molecule has 0 radical (unpaired) electrons. The zero-order valence-electron chi connectivity index (χ0n) is 13.4. The number of carbonyl (C=O) groups excluding carboxylic acids is 1. The minimum absolute atomic E-state index is 0.0537.